The highest BCUT2D eigenvalue weighted by molar-refractivity contribution is 6.33. The molecule has 0 aliphatic heterocycles. The maximum Gasteiger partial charge on any atom is 0.573 e. The fourth-order valence-corrected chi connectivity index (χ4v) is 3.92. The number of ether oxygens (including phenoxy) is 4. The fourth-order valence-electron chi connectivity index (χ4n) is 3.68. The highest BCUT2D eigenvalue weighted by Gasteiger charge is 2.31. The molecule has 192 valence electrons. The Morgan fingerprint density at radius 1 is 0.973 bits per heavy atom. The first-order chi connectivity index (χ1) is 17.6. The summed E-state index contributed by atoms with van der Waals surface area (Å²) >= 11 is 6.35. The van der Waals surface area contributed by atoms with E-state index in [2.05, 4.69) is 9.72 Å². The normalized spacial score (nSPS) is 11.3. The van der Waals surface area contributed by atoms with Crippen LogP contribution in [0.1, 0.15) is 19.0 Å². The van der Waals surface area contributed by atoms with Gasteiger partial charge in [-0.15, -0.1) is 13.2 Å². The number of pyridine rings is 1. The number of methoxy groups -OCH3 is 1. The van der Waals surface area contributed by atoms with Crippen LogP contribution >= 0.6 is 11.6 Å². The highest BCUT2D eigenvalue weighted by atomic mass is 35.5. The lowest BCUT2D eigenvalue weighted by Crippen LogP contribution is -2.16. The first-order valence-electron chi connectivity index (χ1n) is 11.1. The first kappa shape index (κ1) is 26.1. The minimum absolute atomic E-state index is 0.172. The summed E-state index contributed by atoms with van der Waals surface area (Å²) in [5.41, 5.74) is 2.48. The number of carbonyl (C=O) groups excluding carboxylic acids is 1. The highest BCUT2D eigenvalue weighted by Crippen LogP contribution is 2.42. The molecule has 6 nitrogen and oxygen atoms in total. The summed E-state index contributed by atoms with van der Waals surface area (Å²) in [6.45, 7) is 3.50. The maximum absolute atomic E-state index is 12.4. The second-order valence-corrected chi connectivity index (χ2v) is 8.29. The van der Waals surface area contributed by atoms with Crippen LogP contribution in [-0.4, -0.2) is 24.4 Å². The molecule has 0 aliphatic rings. The Hall–Kier alpha value is -3.98. The van der Waals surface area contributed by atoms with Gasteiger partial charge in [-0.2, -0.15) is 0 Å². The van der Waals surface area contributed by atoms with Crippen molar-refractivity contribution in [3.63, 3.8) is 0 Å². The number of fused-ring (bicyclic) bond motifs is 1. The Morgan fingerprint density at radius 2 is 1.57 bits per heavy atom. The van der Waals surface area contributed by atoms with E-state index in [9.17, 15) is 18.0 Å². The van der Waals surface area contributed by atoms with Crippen LogP contribution in [0.25, 0.3) is 22.0 Å². The molecular weight excluding hydrogens is 511 g/mol. The Labute approximate surface area is 215 Å². The van der Waals surface area contributed by atoms with Crippen molar-refractivity contribution in [3.8, 4) is 39.9 Å². The van der Waals surface area contributed by atoms with Crippen molar-refractivity contribution < 1.29 is 36.9 Å². The minimum atomic E-state index is -4.77. The summed E-state index contributed by atoms with van der Waals surface area (Å²) in [5, 5.41) is 0.894. The van der Waals surface area contributed by atoms with Crippen LogP contribution < -0.4 is 18.9 Å². The molecule has 3 aromatic carbocycles. The molecule has 1 aromatic heterocycles. The zero-order chi connectivity index (χ0) is 26.7. The maximum atomic E-state index is 12.4. The largest absolute Gasteiger partial charge is 0.573 e. The lowest BCUT2D eigenvalue weighted by Gasteiger charge is -2.17. The van der Waals surface area contributed by atoms with Gasteiger partial charge in [-0.25, -0.2) is 0 Å². The van der Waals surface area contributed by atoms with Crippen molar-refractivity contribution >= 4 is 28.5 Å². The second kappa shape index (κ2) is 10.6. The number of nitrogens with zero attached hydrogens (tertiary/aromatic N) is 1. The Morgan fingerprint density at radius 3 is 2.14 bits per heavy atom. The molecule has 0 fully saturated rings. The van der Waals surface area contributed by atoms with Gasteiger partial charge in [0.15, 0.2) is 0 Å². The van der Waals surface area contributed by atoms with Gasteiger partial charge in [0.2, 0.25) is 0 Å². The monoisotopic (exact) mass is 531 g/mol. The van der Waals surface area contributed by atoms with Crippen molar-refractivity contribution in [2.45, 2.75) is 26.6 Å². The number of aromatic nitrogens is 1. The van der Waals surface area contributed by atoms with Gasteiger partial charge in [-0.05, 0) is 55.0 Å². The summed E-state index contributed by atoms with van der Waals surface area (Å²) < 4.78 is 57.7. The van der Waals surface area contributed by atoms with Gasteiger partial charge in [0.05, 0.1) is 17.6 Å². The topological polar surface area (TPSA) is 66.9 Å². The van der Waals surface area contributed by atoms with Gasteiger partial charge < -0.3 is 18.9 Å². The van der Waals surface area contributed by atoms with Gasteiger partial charge in [-0.1, -0.05) is 30.7 Å². The molecule has 0 aliphatic carbocycles. The van der Waals surface area contributed by atoms with E-state index in [1.165, 1.54) is 19.2 Å². The molecule has 0 saturated heterocycles. The van der Waals surface area contributed by atoms with E-state index in [1.54, 1.807) is 50.2 Å². The molecule has 4 aromatic rings. The van der Waals surface area contributed by atoms with Crippen molar-refractivity contribution in [1.29, 1.82) is 0 Å². The molecule has 0 radical (unpaired) electrons. The Balaban J connectivity index is 1.68. The minimum Gasteiger partial charge on any atom is -0.495 e. The average molecular weight is 532 g/mol. The summed E-state index contributed by atoms with van der Waals surface area (Å²) in [6, 6.07) is 15.3. The SMILES string of the molecule is CCC(=O)Oc1c(-c2ccc(Oc3ccc(OC(F)(F)F)cc3)cc2)c(C)nc2cc(OC)c(Cl)cc12. The van der Waals surface area contributed by atoms with Gasteiger partial charge in [-0.3, -0.25) is 9.78 Å². The number of esters is 1. The van der Waals surface area contributed by atoms with Gasteiger partial charge in [0, 0.05) is 29.1 Å². The molecule has 0 spiro atoms. The van der Waals surface area contributed by atoms with E-state index in [0.717, 1.165) is 12.1 Å². The number of hydrogen-bond acceptors (Lipinski definition) is 6. The molecule has 0 amide bonds. The molecule has 1 heterocycles. The number of alkyl halides is 3. The quantitative estimate of drug-likeness (QED) is 0.226. The molecule has 0 atom stereocenters. The summed E-state index contributed by atoms with van der Waals surface area (Å²) in [4.78, 5) is 17.0. The smallest absolute Gasteiger partial charge is 0.495 e. The zero-order valence-electron chi connectivity index (χ0n) is 20.0. The molecular formula is C27H21ClF3NO5. The summed E-state index contributed by atoms with van der Waals surface area (Å²) in [5.74, 6) is 0.778. The van der Waals surface area contributed by atoms with Crippen LogP contribution in [0.4, 0.5) is 13.2 Å². The number of halogens is 4. The second-order valence-electron chi connectivity index (χ2n) is 7.88. The molecule has 10 heteroatoms. The van der Waals surface area contributed by atoms with Crippen LogP contribution in [0.2, 0.25) is 5.02 Å². The van der Waals surface area contributed by atoms with E-state index in [1.807, 2.05) is 0 Å². The molecule has 0 bridgehead atoms. The lowest BCUT2D eigenvalue weighted by atomic mass is 10.00. The number of rotatable bonds is 7. The van der Waals surface area contributed by atoms with E-state index in [4.69, 9.17) is 25.8 Å². The van der Waals surface area contributed by atoms with Crippen LogP contribution in [0, 0.1) is 6.92 Å². The third kappa shape index (κ3) is 6.06. The Bertz CT molecular complexity index is 1440. The number of carbonyl (C=O) groups is 1. The van der Waals surface area contributed by atoms with E-state index < -0.39 is 12.3 Å². The fraction of sp³-hybridized carbons (Fsp3) is 0.185. The van der Waals surface area contributed by atoms with Crippen molar-refractivity contribution in [1.82, 2.24) is 4.98 Å². The van der Waals surface area contributed by atoms with Gasteiger partial charge in [0.1, 0.15) is 28.7 Å². The van der Waals surface area contributed by atoms with Crippen LogP contribution in [0.15, 0.2) is 60.7 Å². The number of aryl methyl sites for hydroxylation is 1. The standard InChI is InChI=1S/C27H21ClF3NO5/c1-4-24(33)36-26-20-13-21(28)23(34-3)14-22(20)32-15(2)25(26)16-5-7-17(8-6-16)35-18-9-11-19(12-10-18)37-27(29,30)31/h5-14H,4H2,1-3H3. The van der Waals surface area contributed by atoms with E-state index in [0.29, 0.717) is 55.7 Å². The third-order valence-electron chi connectivity index (χ3n) is 5.33. The summed E-state index contributed by atoms with van der Waals surface area (Å²) in [6.07, 6.45) is -4.60. The van der Waals surface area contributed by atoms with Gasteiger partial charge in [0.25, 0.3) is 0 Å². The molecule has 0 unspecified atom stereocenters. The van der Waals surface area contributed by atoms with Gasteiger partial charge >= 0.3 is 12.3 Å². The summed E-state index contributed by atoms with van der Waals surface area (Å²) in [7, 11) is 1.50. The van der Waals surface area contributed by atoms with E-state index in [-0.39, 0.29) is 12.2 Å². The molecule has 0 saturated carbocycles. The van der Waals surface area contributed by atoms with Crippen LogP contribution in [0.5, 0.6) is 28.7 Å². The zero-order valence-corrected chi connectivity index (χ0v) is 20.7. The predicted octanol–water partition coefficient (Wildman–Crippen LogP) is 7.88. The molecule has 4 rings (SSSR count). The lowest BCUT2D eigenvalue weighted by molar-refractivity contribution is -0.274. The van der Waals surface area contributed by atoms with Crippen LogP contribution in [0.3, 0.4) is 0 Å². The third-order valence-corrected chi connectivity index (χ3v) is 5.63. The Kier molecular flexibility index (Phi) is 7.45. The van der Waals surface area contributed by atoms with Crippen molar-refractivity contribution in [3.05, 3.63) is 71.4 Å². The van der Waals surface area contributed by atoms with Crippen LogP contribution in [-0.2, 0) is 4.79 Å². The number of hydrogen-bond donors (Lipinski definition) is 0. The molecule has 0 N–H and O–H groups in total. The van der Waals surface area contributed by atoms with Crippen molar-refractivity contribution in [2.75, 3.05) is 7.11 Å². The number of benzene rings is 3. The predicted molar refractivity (Wildman–Crippen MR) is 133 cm³/mol. The first-order valence-corrected chi connectivity index (χ1v) is 11.5. The van der Waals surface area contributed by atoms with Crippen molar-refractivity contribution in [2.24, 2.45) is 0 Å². The molecule has 37 heavy (non-hydrogen) atoms. The van der Waals surface area contributed by atoms with E-state index >= 15 is 0 Å². The average Bonchev–Trinajstić information content (AvgIpc) is 2.85.